The van der Waals surface area contributed by atoms with E-state index in [9.17, 15) is 14.4 Å². The minimum absolute atomic E-state index is 0.266. The highest BCUT2D eigenvalue weighted by Gasteiger charge is 2.34. The molecule has 3 N–H and O–H groups in total. The van der Waals surface area contributed by atoms with Gasteiger partial charge in [-0.1, -0.05) is 78.9 Å². The van der Waals surface area contributed by atoms with Gasteiger partial charge in [0.25, 0.3) is 0 Å². The van der Waals surface area contributed by atoms with Crippen molar-refractivity contribution in [3.8, 4) is 0 Å². The predicted molar refractivity (Wildman–Crippen MR) is 157 cm³/mol. The molecule has 7 nitrogen and oxygen atoms in total. The smallest absolute Gasteiger partial charge is 0.246 e. The molecule has 3 aromatic rings. The zero-order chi connectivity index (χ0) is 28.6. The number of carbonyl (C=O) groups is 3. The Bertz CT molecular complexity index is 1310. The van der Waals surface area contributed by atoms with Gasteiger partial charge in [0.1, 0.15) is 12.1 Å². The molecule has 0 bridgehead atoms. The predicted octanol–water partition coefficient (Wildman–Crippen LogP) is 3.71. The van der Waals surface area contributed by atoms with E-state index >= 15 is 0 Å². The molecule has 0 aromatic heterocycles. The Balaban J connectivity index is 1.93. The van der Waals surface area contributed by atoms with Crippen molar-refractivity contribution in [2.75, 3.05) is 21.1 Å². The summed E-state index contributed by atoms with van der Waals surface area (Å²) >= 11 is 0. The van der Waals surface area contributed by atoms with Crippen LogP contribution in [0.5, 0.6) is 0 Å². The van der Waals surface area contributed by atoms with Gasteiger partial charge in [0, 0.05) is 39.5 Å². The van der Waals surface area contributed by atoms with E-state index < -0.39 is 17.6 Å². The minimum Gasteiger partial charge on any atom is -0.357 e. The largest absolute Gasteiger partial charge is 0.357 e. The van der Waals surface area contributed by atoms with Crippen molar-refractivity contribution in [3.63, 3.8) is 0 Å². The van der Waals surface area contributed by atoms with Gasteiger partial charge in [-0.15, -0.1) is 0 Å². The van der Waals surface area contributed by atoms with E-state index in [0.29, 0.717) is 19.3 Å². The standard InChI is InChI=1S/C32H40N4O3/c1-32(2,33)19-11-16-29(37)35(4)28(22-24-17-18-25-14-9-10-15-26(25)20-24)31(39)36(5)27(30(38)34-3)21-23-12-7-6-8-13-23/h6-18,20,27-28H,19,21-22,33H2,1-5H3,(H,34,38)/b16-11-/t27-,28-/m1/s1. The number of benzene rings is 3. The Morgan fingerprint density at radius 1 is 0.846 bits per heavy atom. The van der Waals surface area contributed by atoms with Crippen LogP contribution in [-0.2, 0) is 27.2 Å². The van der Waals surface area contributed by atoms with Gasteiger partial charge in [0.15, 0.2) is 0 Å². The zero-order valence-corrected chi connectivity index (χ0v) is 23.6. The quantitative estimate of drug-likeness (QED) is 0.371. The lowest BCUT2D eigenvalue weighted by molar-refractivity contribution is -0.146. The van der Waals surface area contributed by atoms with Crippen molar-refractivity contribution >= 4 is 28.5 Å². The zero-order valence-electron chi connectivity index (χ0n) is 23.6. The van der Waals surface area contributed by atoms with Crippen LogP contribution in [0.25, 0.3) is 10.8 Å². The number of fused-ring (bicyclic) bond motifs is 1. The maximum atomic E-state index is 14.1. The third kappa shape index (κ3) is 8.26. The molecule has 3 amide bonds. The van der Waals surface area contributed by atoms with Gasteiger partial charge < -0.3 is 20.9 Å². The normalized spacial score (nSPS) is 13.2. The maximum Gasteiger partial charge on any atom is 0.246 e. The van der Waals surface area contributed by atoms with Crippen LogP contribution in [0.2, 0.25) is 0 Å². The SMILES string of the molecule is CNC(=O)[C@@H](Cc1ccccc1)N(C)C(=O)[C@@H](Cc1ccc2ccccc2c1)N(C)C(=O)/C=C\CC(C)(C)N. The molecular formula is C32H40N4O3. The molecule has 0 aliphatic carbocycles. The monoisotopic (exact) mass is 528 g/mol. The van der Waals surface area contributed by atoms with Gasteiger partial charge in [-0.3, -0.25) is 14.4 Å². The molecule has 7 heteroatoms. The molecule has 0 heterocycles. The number of nitrogens with zero attached hydrogens (tertiary/aromatic N) is 2. The summed E-state index contributed by atoms with van der Waals surface area (Å²) in [5, 5.41) is 4.84. The summed E-state index contributed by atoms with van der Waals surface area (Å²) in [5.74, 6) is -0.874. The summed E-state index contributed by atoms with van der Waals surface area (Å²) in [5.41, 5.74) is 7.47. The average Bonchev–Trinajstić information content (AvgIpc) is 2.92. The van der Waals surface area contributed by atoms with Crippen LogP contribution in [0, 0.1) is 0 Å². The van der Waals surface area contributed by atoms with Crippen molar-refractivity contribution in [3.05, 3.63) is 96.1 Å². The molecule has 0 unspecified atom stereocenters. The van der Waals surface area contributed by atoms with Crippen LogP contribution in [0.4, 0.5) is 0 Å². The lowest BCUT2D eigenvalue weighted by Gasteiger charge is -2.34. The molecule has 0 fully saturated rings. The first-order chi connectivity index (χ1) is 18.5. The lowest BCUT2D eigenvalue weighted by atomic mass is 9.98. The number of amides is 3. The number of rotatable bonds is 11. The first kappa shape index (κ1) is 29.6. The van der Waals surface area contributed by atoms with Crippen molar-refractivity contribution in [2.45, 2.75) is 50.7 Å². The van der Waals surface area contributed by atoms with Crippen LogP contribution in [0.15, 0.2) is 84.9 Å². The maximum absolute atomic E-state index is 14.1. The number of nitrogens with one attached hydrogen (secondary N) is 1. The highest BCUT2D eigenvalue weighted by atomic mass is 16.2. The average molecular weight is 529 g/mol. The fourth-order valence-corrected chi connectivity index (χ4v) is 4.51. The molecular weight excluding hydrogens is 488 g/mol. The molecule has 0 spiro atoms. The molecule has 3 aromatic carbocycles. The van der Waals surface area contributed by atoms with Crippen LogP contribution in [0.3, 0.4) is 0 Å². The second-order valence-electron chi connectivity index (χ2n) is 10.7. The fourth-order valence-electron chi connectivity index (χ4n) is 4.51. The number of hydrogen-bond donors (Lipinski definition) is 2. The van der Waals surface area contributed by atoms with Crippen molar-refractivity contribution in [1.82, 2.24) is 15.1 Å². The highest BCUT2D eigenvalue weighted by Crippen LogP contribution is 2.20. The molecule has 0 saturated heterocycles. The Morgan fingerprint density at radius 2 is 1.46 bits per heavy atom. The van der Waals surface area contributed by atoms with E-state index in [1.165, 1.54) is 15.9 Å². The van der Waals surface area contributed by atoms with Gasteiger partial charge in [-0.2, -0.15) is 0 Å². The Kier molecular flexibility index (Phi) is 10.0. The van der Waals surface area contributed by atoms with Crippen molar-refractivity contribution < 1.29 is 14.4 Å². The van der Waals surface area contributed by atoms with E-state index in [0.717, 1.165) is 21.9 Å². The molecule has 0 radical (unpaired) electrons. The van der Waals surface area contributed by atoms with Crippen molar-refractivity contribution in [1.29, 1.82) is 0 Å². The first-order valence-corrected chi connectivity index (χ1v) is 13.2. The van der Waals surface area contributed by atoms with E-state index in [-0.39, 0.29) is 17.7 Å². The summed E-state index contributed by atoms with van der Waals surface area (Å²) < 4.78 is 0. The summed E-state index contributed by atoms with van der Waals surface area (Å²) in [7, 11) is 4.82. The Hall–Kier alpha value is -3.97. The topological polar surface area (TPSA) is 95.7 Å². The fraction of sp³-hybridized carbons (Fsp3) is 0.344. The van der Waals surface area contributed by atoms with E-state index in [4.69, 9.17) is 5.73 Å². The molecule has 3 rings (SSSR count). The van der Waals surface area contributed by atoms with E-state index in [1.54, 1.807) is 27.2 Å². The second-order valence-corrected chi connectivity index (χ2v) is 10.7. The molecule has 0 saturated carbocycles. The van der Waals surface area contributed by atoms with Crippen molar-refractivity contribution in [2.24, 2.45) is 5.73 Å². The molecule has 206 valence electrons. The molecule has 39 heavy (non-hydrogen) atoms. The lowest BCUT2D eigenvalue weighted by Crippen LogP contribution is -2.55. The Labute approximate surface area is 231 Å². The van der Waals surface area contributed by atoms with Gasteiger partial charge in [-0.05, 0) is 48.2 Å². The molecule has 2 atom stereocenters. The van der Waals surface area contributed by atoms with Crippen LogP contribution >= 0.6 is 0 Å². The number of nitrogens with two attached hydrogens (primary N) is 1. The third-order valence-electron chi connectivity index (χ3n) is 6.88. The summed E-state index contributed by atoms with van der Waals surface area (Å²) in [6.45, 7) is 3.77. The van der Waals surface area contributed by atoms with E-state index in [2.05, 4.69) is 5.32 Å². The summed E-state index contributed by atoms with van der Waals surface area (Å²) in [6.07, 6.45) is 4.39. The van der Waals surface area contributed by atoms with Crippen LogP contribution in [-0.4, -0.2) is 66.3 Å². The Morgan fingerprint density at radius 3 is 2.10 bits per heavy atom. The van der Waals surface area contributed by atoms with Gasteiger partial charge in [0.2, 0.25) is 17.7 Å². The van der Waals surface area contributed by atoms with Gasteiger partial charge in [-0.25, -0.2) is 0 Å². The molecule has 0 aliphatic heterocycles. The number of likely N-dealkylation sites (N-methyl/N-ethyl adjacent to an activating group) is 3. The highest BCUT2D eigenvalue weighted by molar-refractivity contribution is 5.95. The van der Waals surface area contributed by atoms with Crippen LogP contribution in [0.1, 0.15) is 31.4 Å². The van der Waals surface area contributed by atoms with Gasteiger partial charge >= 0.3 is 0 Å². The summed E-state index contributed by atoms with van der Waals surface area (Å²) in [6, 6.07) is 22.1. The minimum atomic E-state index is -0.817. The molecule has 0 aliphatic rings. The summed E-state index contributed by atoms with van der Waals surface area (Å²) in [4.78, 5) is 43.1. The third-order valence-corrected chi connectivity index (χ3v) is 6.88. The van der Waals surface area contributed by atoms with E-state index in [1.807, 2.05) is 86.6 Å². The first-order valence-electron chi connectivity index (χ1n) is 13.2. The second kappa shape index (κ2) is 13.2. The number of carbonyl (C=O) groups excluding carboxylic acids is 3. The number of hydrogen-bond acceptors (Lipinski definition) is 4. The van der Waals surface area contributed by atoms with Crippen LogP contribution < -0.4 is 11.1 Å². The van der Waals surface area contributed by atoms with Gasteiger partial charge in [0.05, 0.1) is 0 Å².